The topological polar surface area (TPSA) is 84.3 Å². The van der Waals surface area contributed by atoms with Gasteiger partial charge >= 0.3 is 0 Å². The second-order valence-corrected chi connectivity index (χ2v) is 10.5. The van der Waals surface area contributed by atoms with Gasteiger partial charge in [-0.15, -0.1) is 0 Å². The largest absolute Gasteiger partial charge is 0.354 e. The number of imidazole rings is 1. The normalized spacial score (nSPS) is 26.1. The van der Waals surface area contributed by atoms with Gasteiger partial charge in [0.15, 0.2) is 0 Å². The highest BCUT2D eigenvalue weighted by atomic mass is 32.2. The number of aromatic nitrogens is 2. The van der Waals surface area contributed by atoms with Crippen LogP contribution in [0.5, 0.6) is 0 Å². The molecule has 2 heterocycles. The van der Waals surface area contributed by atoms with E-state index in [4.69, 9.17) is 0 Å². The molecule has 162 valence electrons. The van der Waals surface area contributed by atoms with E-state index in [1.54, 1.807) is 10.5 Å². The predicted molar refractivity (Wildman–Crippen MR) is 115 cm³/mol. The van der Waals surface area contributed by atoms with Gasteiger partial charge in [-0.1, -0.05) is 43.2 Å². The number of carbonyl (C=O) groups is 1. The maximum absolute atomic E-state index is 13.4. The number of hydrogen-bond acceptors (Lipinski definition) is 4. The number of hydrogen-bond donors (Lipinski definition) is 1. The van der Waals surface area contributed by atoms with Crippen molar-refractivity contribution in [1.29, 1.82) is 0 Å². The third-order valence-electron chi connectivity index (χ3n) is 6.69. The first-order chi connectivity index (χ1) is 14.4. The minimum absolute atomic E-state index is 0.00192. The second kappa shape index (κ2) is 8.51. The zero-order valence-electron chi connectivity index (χ0n) is 17.5. The van der Waals surface area contributed by atoms with Gasteiger partial charge in [0.05, 0.1) is 11.2 Å². The summed E-state index contributed by atoms with van der Waals surface area (Å²) in [6.45, 7) is 3.43. The number of amides is 1. The highest BCUT2D eigenvalue weighted by Gasteiger charge is 2.55. The summed E-state index contributed by atoms with van der Waals surface area (Å²) in [5, 5.41) is 3.11. The molecule has 1 amide bonds. The highest BCUT2D eigenvalue weighted by molar-refractivity contribution is 7.89. The molecule has 4 rings (SSSR count). The van der Waals surface area contributed by atoms with Gasteiger partial charge in [-0.05, 0) is 31.7 Å². The number of benzene rings is 1. The molecule has 1 aliphatic carbocycles. The van der Waals surface area contributed by atoms with Crippen LogP contribution >= 0.6 is 0 Å². The van der Waals surface area contributed by atoms with E-state index in [2.05, 4.69) is 10.3 Å². The van der Waals surface area contributed by atoms with E-state index in [0.29, 0.717) is 26.1 Å². The van der Waals surface area contributed by atoms with Crippen molar-refractivity contribution in [3.8, 4) is 0 Å². The van der Waals surface area contributed by atoms with Crippen molar-refractivity contribution in [2.75, 3.05) is 12.3 Å². The standard InChI is InChI=1S/C22H30N4O3S/c1-18-23-12-14-25(18)15-13-24-21(27)22-10-6-5-9-20(22)26(30(28,29)16-11-22)17-19-7-3-2-4-8-19/h2-4,7-8,12,14,20H,5-6,9-11,13,15-17H2,1H3,(H,24,27)/t20-,22-/m1/s1. The van der Waals surface area contributed by atoms with Crippen LogP contribution in [0.2, 0.25) is 0 Å². The number of nitrogens with one attached hydrogen (secondary N) is 1. The van der Waals surface area contributed by atoms with Crippen LogP contribution in [0.25, 0.3) is 0 Å². The van der Waals surface area contributed by atoms with Gasteiger partial charge in [-0.3, -0.25) is 4.79 Å². The molecule has 1 N–H and O–H groups in total. The molecule has 2 aromatic rings. The van der Waals surface area contributed by atoms with E-state index >= 15 is 0 Å². The van der Waals surface area contributed by atoms with Crippen molar-refractivity contribution in [3.63, 3.8) is 0 Å². The Labute approximate surface area is 178 Å². The predicted octanol–water partition coefficient (Wildman–Crippen LogP) is 2.47. The van der Waals surface area contributed by atoms with Crippen molar-refractivity contribution >= 4 is 15.9 Å². The zero-order chi connectivity index (χ0) is 21.2. The maximum atomic E-state index is 13.4. The Bertz CT molecular complexity index is 989. The van der Waals surface area contributed by atoms with Crippen LogP contribution in [-0.4, -0.2) is 46.5 Å². The van der Waals surface area contributed by atoms with Crippen LogP contribution in [0.15, 0.2) is 42.7 Å². The Morgan fingerprint density at radius 2 is 2.03 bits per heavy atom. The first-order valence-electron chi connectivity index (χ1n) is 10.7. The van der Waals surface area contributed by atoms with E-state index in [-0.39, 0.29) is 17.7 Å². The lowest BCUT2D eigenvalue weighted by Crippen LogP contribution is -2.62. The second-order valence-electron chi connectivity index (χ2n) is 8.44. The van der Waals surface area contributed by atoms with Crippen molar-refractivity contribution < 1.29 is 13.2 Å². The molecule has 1 aromatic heterocycles. The molecule has 7 nitrogen and oxygen atoms in total. The Balaban J connectivity index is 1.53. The van der Waals surface area contributed by atoms with Gasteiger partial charge < -0.3 is 9.88 Å². The highest BCUT2D eigenvalue weighted by Crippen LogP contribution is 2.47. The van der Waals surface area contributed by atoms with Crippen molar-refractivity contribution in [3.05, 3.63) is 54.1 Å². The summed E-state index contributed by atoms with van der Waals surface area (Å²) in [5.74, 6) is 0.943. The van der Waals surface area contributed by atoms with Gasteiger partial charge in [0, 0.05) is 38.1 Å². The fourth-order valence-corrected chi connectivity index (χ4v) is 6.91. The average Bonchev–Trinajstić information content (AvgIpc) is 3.15. The van der Waals surface area contributed by atoms with Crippen LogP contribution in [0.4, 0.5) is 0 Å². The first kappa shape index (κ1) is 21.1. The molecular formula is C22H30N4O3S. The Kier molecular flexibility index (Phi) is 5.97. The third kappa shape index (κ3) is 4.03. The van der Waals surface area contributed by atoms with Crippen molar-refractivity contribution in [2.24, 2.45) is 5.41 Å². The van der Waals surface area contributed by atoms with E-state index < -0.39 is 15.4 Å². The molecule has 1 aromatic carbocycles. The molecule has 0 radical (unpaired) electrons. The van der Waals surface area contributed by atoms with E-state index in [0.717, 1.165) is 37.1 Å². The molecule has 2 fully saturated rings. The molecule has 0 spiro atoms. The summed E-state index contributed by atoms with van der Waals surface area (Å²) in [6, 6.07) is 9.38. The Hall–Kier alpha value is -2.19. The van der Waals surface area contributed by atoms with Crippen molar-refractivity contribution in [2.45, 2.75) is 58.2 Å². The summed E-state index contributed by atoms with van der Waals surface area (Å²) in [7, 11) is -3.38. The SMILES string of the molecule is Cc1nccn1CCNC(=O)[C@@]12CCCC[C@H]1N(Cc1ccccc1)S(=O)(=O)CC2. The number of nitrogens with zero attached hydrogens (tertiary/aromatic N) is 3. The molecule has 0 bridgehead atoms. The van der Waals surface area contributed by atoms with E-state index in [1.807, 2.05) is 48.0 Å². The lowest BCUT2D eigenvalue weighted by Gasteiger charge is -2.50. The fraction of sp³-hybridized carbons (Fsp3) is 0.545. The minimum atomic E-state index is -3.38. The van der Waals surface area contributed by atoms with Gasteiger partial charge in [0.2, 0.25) is 15.9 Å². The van der Waals surface area contributed by atoms with Crippen LogP contribution in [0.3, 0.4) is 0 Å². The molecule has 2 atom stereocenters. The molecule has 1 aliphatic heterocycles. The molecule has 30 heavy (non-hydrogen) atoms. The quantitative estimate of drug-likeness (QED) is 0.763. The lowest BCUT2D eigenvalue weighted by atomic mass is 9.67. The summed E-state index contributed by atoms with van der Waals surface area (Å²) < 4.78 is 29.6. The maximum Gasteiger partial charge on any atom is 0.227 e. The van der Waals surface area contributed by atoms with Crippen LogP contribution in [0, 0.1) is 12.3 Å². The van der Waals surface area contributed by atoms with Crippen LogP contribution < -0.4 is 5.32 Å². The van der Waals surface area contributed by atoms with Gasteiger partial charge in [-0.25, -0.2) is 13.4 Å². The fourth-order valence-electron chi connectivity index (χ4n) is 5.01. The first-order valence-corrected chi connectivity index (χ1v) is 12.3. The molecular weight excluding hydrogens is 400 g/mol. The smallest absolute Gasteiger partial charge is 0.227 e. The Morgan fingerprint density at radius 3 is 2.77 bits per heavy atom. The van der Waals surface area contributed by atoms with Crippen LogP contribution in [-0.2, 0) is 27.9 Å². The molecule has 1 saturated carbocycles. The van der Waals surface area contributed by atoms with Crippen molar-refractivity contribution in [1.82, 2.24) is 19.2 Å². The summed E-state index contributed by atoms with van der Waals surface area (Å²) in [5.41, 5.74) is 0.320. The van der Waals surface area contributed by atoms with Gasteiger partial charge in [0.1, 0.15) is 5.82 Å². The third-order valence-corrected chi connectivity index (χ3v) is 8.51. The zero-order valence-corrected chi connectivity index (χ0v) is 18.3. The number of rotatable bonds is 6. The monoisotopic (exact) mass is 430 g/mol. The molecule has 2 aliphatic rings. The van der Waals surface area contributed by atoms with Gasteiger partial charge in [-0.2, -0.15) is 4.31 Å². The van der Waals surface area contributed by atoms with E-state index in [1.165, 1.54) is 0 Å². The summed E-state index contributed by atoms with van der Waals surface area (Å²) >= 11 is 0. The average molecular weight is 431 g/mol. The summed E-state index contributed by atoms with van der Waals surface area (Å²) in [4.78, 5) is 17.6. The molecule has 0 unspecified atom stereocenters. The lowest BCUT2D eigenvalue weighted by molar-refractivity contribution is -0.137. The molecule has 1 saturated heterocycles. The number of aryl methyl sites for hydroxylation is 1. The van der Waals surface area contributed by atoms with Crippen LogP contribution in [0.1, 0.15) is 43.5 Å². The summed E-state index contributed by atoms with van der Waals surface area (Å²) in [6.07, 6.45) is 7.45. The Morgan fingerprint density at radius 1 is 1.23 bits per heavy atom. The molecule has 8 heteroatoms. The number of fused-ring (bicyclic) bond motifs is 1. The number of sulfonamides is 1. The van der Waals surface area contributed by atoms with E-state index in [9.17, 15) is 13.2 Å². The van der Waals surface area contributed by atoms with Gasteiger partial charge in [0.25, 0.3) is 0 Å². The minimum Gasteiger partial charge on any atom is -0.354 e. The number of carbonyl (C=O) groups excluding carboxylic acids is 1.